The molecule has 2 N–H and O–H groups in total. The Morgan fingerprint density at radius 2 is 1.96 bits per heavy atom. The number of aliphatic imine (C=N–C) groups is 1. The number of aromatic nitrogens is 4. The van der Waals surface area contributed by atoms with Gasteiger partial charge in [-0.2, -0.15) is 0 Å². The lowest BCUT2D eigenvalue weighted by molar-refractivity contribution is 0.749. The Kier molecular flexibility index (Phi) is 6.36. The van der Waals surface area contributed by atoms with Crippen LogP contribution in [0.5, 0.6) is 0 Å². The van der Waals surface area contributed by atoms with E-state index in [0.717, 1.165) is 23.8 Å². The highest BCUT2D eigenvalue weighted by atomic mass is 35.5. The lowest BCUT2D eigenvalue weighted by Gasteiger charge is -2.12. The third-order valence-electron chi connectivity index (χ3n) is 4.03. The quantitative estimate of drug-likeness (QED) is 0.487. The van der Waals surface area contributed by atoms with Crippen molar-refractivity contribution in [3.8, 4) is 5.69 Å². The van der Waals surface area contributed by atoms with E-state index in [9.17, 15) is 0 Å². The zero-order chi connectivity index (χ0) is 19.2. The molecule has 0 spiro atoms. The van der Waals surface area contributed by atoms with Crippen LogP contribution < -0.4 is 10.6 Å². The van der Waals surface area contributed by atoms with Gasteiger partial charge >= 0.3 is 0 Å². The van der Waals surface area contributed by atoms with Crippen molar-refractivity contribution in [1.29, 1.82) is 0 Å². The first-order valence-corrected chi connectivity index (χ1v) is 9.31. The molecule has 0 radical (unpaired) electrons. The molecule has 0 fully saturated rings. The van der Waals surface area contributed by atoms with E-state index in [-0.39, 0.29) is 0 Å². The topological polar surface area (TPSA) is 72.1 Å². The number of nitrogens with one attached hydrogen (secondary N) is 2. The van der Waals surface area contributed by atoms with Gasteiger partial charge in [-0.3, -0.25) is 4.57 Å². The van der Waals surface area contributed by atoms with Crippen LogP contribution in [0.15, 0.2) is 47.7 Å². The van der Waals surface area contributed by atoms with Crippen molar-refractivity contribution in [2.24, 2.45) is 12.0 Å². The van der Waals surface area contributed by atoms with Crippen molar-refractivity contribution < 1.29 is 0 Å². The summed E-state index contributed by atoms with van der Waals surface area (Å²) in [6.07, 6.45) is 1.70. The molecule has 2 heterocycles. The van der Waals surface area contributed by atoms with Crippen LogP contribution in [0.4, 0.5) is 0 Å². The first-order valence-electron chi connectivity index (χ1n) is 8.56. The second-order valence-corrected chi connectivity index (χ2v) is 6.60. The maximum Gasteiger partial charge on any atom is 0.192 e. The second-order valence-electron chi connectivity index (χ2n) is 5.83. The van der Waals surface area contributed by atoms with Crippen LogP contribution in [-0.2, 0) is 20.1 Å². The van der Waals surface area contributed by atoms with Crippen LogP contribution in [0, 0.1) is 0 Å². The Labute approximate surface area is 168 Å². The van der Waals surface area contributed by atoms with Crippen molar-refractivity contribution >= 4 is 29.2 Å². The van der Waals surface area contributed by atoms with Gasteiger partial charge in [-0.1, -0.05) is 41.4 Å². The fourth-order valence-electron chi connectivity index (χ4n) is 2.59. The predicted molar refractivity (Wildman–Crippen MR) is 108 cm³/mol. The molecular formula is C18H21Cl2N7. The average molecular weight is 406 g/mol. The number of guanidine groups is 1. The molecular weight excluding hydrogens is 385 g/mol. The molecule has 0 saturated heterocycles. The van der Waals surface area contributed by atoms with E-state index in [1.54, 1.807) is 6.33 Å². The molecule has 9 heteroatoms. The van der Waals surface area contributed by atoms with E-state index >= 15 is 0 Å². The molecule has 2 aromatic heterocycles. The Bertz CT molecular complexity index is 915. The van der Waals surface area contributed by atoms with Gasteiger partial charge in [-0.05, 0) is 25.1 Å². The first-order chi connectivity index (χ1) is 13.1. The highest BCUT2D eigenvalue weighted by Crippen LogP contribution is 2.25. The van der Waals surface area contributed by atoms with Crippen LogP contribution in [0.1, 0.15) is 18.4 Å². The van der Waals surface area contributed by atoms with Gasteiger partial charge in [0.25, 0.3) is 0 Å². The van der Waals surface area contributed by atoms with Gasteiger partial charge in [-0.15, -0.1) is 10.2 Å². The fourth-order valence-corrected chi connectivity index (χ4v) is 3.00. The largest absolute Gasteiger partial charge is 0.357 e. The molecule has 0 atom stereocenters. The SMILES string of the molecule is CCNC(=NCc1cc(Cl)c(Cl)n1C)NCc1nncn1-c1ccccc1. The van der Waals surface area contributed by atoms with Gasteiger partial charge < -0.3 is 15.2 Å². The van der Waals surface area contributed by atoms with E-state index in [4.69, 9.17) is 23.2 Å². The molecule has 142 valence electrons. The minimum absolute atomic E-state index is 0.448. The van der Waals surface area contributed by atoms with Crippen LogP contribution in [0.3, 0.4) is 0 Å². The number of rotatable bonds is 6. The number of halogens is 2. The maximum atomic E-state index is 6.11. The van der Waals surface area contributed by atoms with Crippen molar-refractivity contribution in [2.45, 2.75) is 20.0 Å². The molecule has 0 aliphatic rings. The van der Waals surface area contributed by atoms with Gasteiger partial charge in [0.15, 0.2) is 11.8 Å². The number of para-hydroxylation sites is 1. The van der Waals surface area contributed by atoms with Gasteiger partial charge in [0.05, 0.1) is 18.1 Å². The molecule has 7 nitrogen and oxygen atoms in total. The van der Waals surface area contributed by atoms with Gasteiger partial charge in [-0.25, -0.2) is 4.99 Å². The standard InChI is InChI=1S/C18H21Cl2N7/c1-3-21-18(22-10-14-9-15(19)17(20)26(14)2)23-11-16-25-24-12-27(16)13-7-5-4-6-8-13/h4-9,12H,3,10-11H2,1-2H3,(H2,21,22,23). The summed E-state index contributed by atoms with van der Waals surface area (Å²) in [5.74, 6) is 1.46. The van der Waals surface area contributed by atoms with Crippen molar-refractivity contribution in [3.05, 3.63) is 64.4 Å². The fraction of sp³-hybridized carbons (Fsp3) is 0.278. The van der Waals surface area contributed by atoms with E-state index < -0.39 is 0 Å². The normalized spacial score (nSPS) is 11.6. The average Bonchev–Trinajstić information content (AvgIpc) is 3.25. The summed E-state index contributed by atoms with van der Waals surface area (Å²) in [5, 5.41) is 15.8. The molecule has 0 aliphatic carbocycles. The molecule has 0 aliphatic heterocycles. The van der Waals surface area contributed by atoms with Crippen molar-refractivity contribution in [3.63, 3.8) is 0 Å². The molecule has 3 aromatic rings. The van der Waals surface area contributed by atoms with Crippen LogP contribution in [0.25, 0.3) is 5.69 Å². The van der Waals surface area contributed by atoms with Gasteiger partial charge in [0.2, 0.25) is 0 Å². The Balaban J connectivity index is 1.70. The minimum atomic E-state index is 0.448. The first kappa shape index (κ1) is 19.3. The van der Waals surface area contributed by atoms with Gasteiger partial charge in [0.1, 0.15) is 11.5 Å². The number of hydrogen-bond donors (Lipinski definition) is 2. The summed E-state index contributed by atoms with van der Waals surface area (Å²) in [6, 6.07) is 11.8. The third-order valence-corrected chi connectivity index (χ3v) is 4.87. The number of hydrogen-bond acceptors (Lipinski definition) is 3. The maximum absolute atomic E-state index is 6.11. The lowest BCUT2D eigenvalue weighted by atomic mass is 10.3. The number of nitrogens with zero attached hydrogens (tertiary/aromatic N) is 5. The zero-order valence-corrected chi connectivity index (χ0v) is 16.7. The van der Waals surface area contributed by atoms with E-state index in [0.29, 0.717) is 29.2 Å². The molecule has 0 saturated carbocycles. The monoisotopic (exact) mass is 405 g/mol. The highest BCUT2D eigenvalue weighted by molar-refractivity contribution is 6.41. The van der Waals surface area contributed by atoms with Crippen LogP contribution >= 0.6 is 23.2 Å². The summed E-state index contributed by atoms with van der Waals surface area (Å²) in [5.41, 5.74) is 1.93. The third kappa shape index (κ3) is 4.61. The molecule has 1 aromatic carbocycles. The molecule has 0 amide bonds. The summed E-state index contributed by atoms with van der Waals surface area (Å²) >= 11 is 12.2. The Morgan fingerprint density at radius 1 is 1.19 bits per heavy atom. The summed E-state index contributed by atoms with van der Waals surface area (Å²) in [7, 11) is 1.86. The van der Waals surface area contributed by atoms with Crippen molar-refractivity contribution in [2.75, 3.05) is 6.54 Å². The summed E-state index contributed by atoms with van der Waals surface area (Å²) in [4.78, 5) is 4.60. The van der Waals surface area contributed by atoms with E-state index in [1.165, 1.54) is 0 Å². The van der Waals surface area contributed by atoms with Crippen LogP contribution in [-0.4, -0.2) is 31.8 Å². The Morgan fingerprint density at radius 3 is 2.63 bits per heavy atom. The highest BCUT2D eigenvalue weighted by Gasteiger charge is 2.10. The molecule has 3 rings (SSSR count). The van der Waals surface area contributed by atoms with E-state index in [2.05, 4.69) is 25.8 Å². The van der Waals surface area contributed by atoms with E-state index in [1.807, 2.05) is 59.5 Å². The second kappa shape index (κ2) is 8.92. The van der Waals surface area contributed by atoms with Crippen LogP contribution in [0.2, 0.25) is 10.2 Å². The Hall–Kier alpha value is -2.51. The molecule has 0 bridgehead atoms. The minimum Gasteiger partial charge on any atom is -0.357 e. The summed E-state index contributed by atoms with van der Waals surface area (Å²) in [6.45, 7) is 3.69. The predicted octanol–water partition coefficient (Wildman–Crippen LogP) is 3.17. The molecule has 0 unspecified atom stereocenters. The summed E-state index contributed by atoms with van der Waals surface area (Å²) < 4.78 is 3.76. The van der Waals surface area contributed by atoms with Crippen molar-refractivity contribution in [1.82, 2.24) is 30.0 Å². The molecule has 27 heavy (non-hydrogen) atoms. The smallest absolute Gasteiger partial charge is 0.192 e. The van der Waals surface area contributed by atoms with Gasteiger partial charge in [0, 0.05) is 25.0 Å². The number of benzene rings is 1. The lowest BCUT2D eigenvalue weighted by Crippen LogP contribution is -2.37. The zero-order valence-electron chi connectivity index (χ0n) is 15.2.